The highest BCUT2D eigenvalue weighted by Crippen LogP contribution is 2.22. The third kappa shape index (κ3) is 3.21. The van der Waals surface area contributed by atoms with Crippen molar-refractivity contribution in [3.63, 3.8) is 0 Å². The van der Waals surface area contributed by atoms with E-state index >= 15 is 0 Å². The fourth-order valence-electron chi connectivity index (χ4n) is 1.38. The third-order valence-electron chi connectivity index (χ3n) is 2.60. The lowest BCUT2D eigenvalue weighted by Gasteiger charge is -2.08. The van der Waals surface area contributed by atoms with E-state index in [1.807, 2.05) is 38.1 Å². The van der Waals surface area contributed by atoms with Crippen molar-refractivity contribution in [3.8, 4) is 5.88 Å². The summed E-state index contributed by atoms with van der Waals surface area (Å²) >= 11 is 9.47. The molecule has 0 atom stereocenters. The van der Waals surface area contributed by atoms with E-state index in [1.54, 1.807) is 0 Å². The highest BCUT2D eigenvalue weighted by molar-refractivity contribution is 9.10. The zero-order chi connectivity index (χ0) is 13.1. The van der Waals surface area contributed by atoms with Crippen LogP contribution >= 0.6 is 27.5 Å². The van der Waals surface area contributed by atoms with Crippen LogP contribution < -0.4 is 4.74 Å². The van der Waals surface area contributed by atoms with Crippen LogP contribution in [0.3, 0.4) is 0 Å². The second-order valence-electron chi connectivity index (χ2n) is 3.98. The van der Waals surface area contributed by atoms with Gasteiger partial charge in [-0.05, 0) is 31.5 Å². The average molecular weight is 328 g/mol. The third-order valence-corrected chi connectivity index (χ3v) is 3.44. The zero-order valence-electron chi connectivity index (χ0n) is 10.1. The van der Waals surface area contributed by atoms with Gasteiger partial charge in [0.05, 0.1) is 5.69 Å². The Kier molecular flexibility index (Phi) is 4.19. The normalized spacial score (nSPS) is 10.4. The number of rotatable bonds is 3. The molecule has 1 aromatic heterocycles. The van der Waals surface area contributed by atoms with Gasteiger partial charge in [-0.1, -0.05) is 33.6 Å². The van der Waals surface area contributed by atoms with E-state index < -0.39 is 0 Å². The number of aromatic nitrogens is 2. The number of aryl methyl sites for hydroxylation is 2. The number of halogens is 2. The Labute approximate surface area is 119 Å². The van der Waals surface area contributed by atoms with Gasteiger partial charge in [0.2, 0.25) is 5.88 Å². The molecule has 0 unspecified atom stereocenters. The van der Waals surface area contributed by atoms with Gasteiger partial charge in [-0.25, -0.2) is 0 Å². The van der Waals surface area contributed by atoms with Crippen LogP contribution in [0.2, 0.25) is 5.02 Å². The van der Waals surface area contributed by atoms with Crippen molar-refractivity contribution in [1.29, 1.82) is 0 Å². The Morgan fingerprint density at radius 3 is 2.67 bits per heavy atom. The van der Waals surface area contributed by atoms with Crippen LogP contribution in [0, 0.1) is 13.8 Å². The van der Waals surface area contributed by atoms with Gasteiger partial charge >= 0.3 is 0 Å². The van der Waals surface area contributed by atoms with Crippen molar-refractivity contribution in [1.82, 2.24) is 10.2 Å². The minimum atomic E-state index is 0.378. The van der Waals surface area contributed by atoms with Gasteiger partial charge < -0.3 is 4.74 Å². The molecule has 3 nitrogen and oxygen atoms in total. The maximum Gasteiger partial charge on any atom is 0.233 e. The number of nitrogens with zero attached hydrogens (tertiary/aromatic N) is 2. The van der Waals surface area contributed by atoms with E-state index in [4.69, 9.17) is 16.3 Å². The Morgan fingerprint density at radius 2 is 2.00 bits per heavy atom. The first-order chi connectivity index (χ1) is 8.56. The zero-order valence-corrected chi connectivity index (χ0v) is 12.4. The molecule has 1 aromatic carbocycles. The largest absolute Gasteiger partial charge is 0.472 e. The summed E-state index contributed by atoms with van der Waals surface area (Å²) in [6, 6.07) is 7.55. The highest BCUT2D eigenvalue weighted by atomic mass is 79.9. The fraction of sp³-hybridized carbons (Fsp3) is 0.231. The van der Waals surface area contributed by atoms with Gasteiger partial charge in [-0.15, -0.1) is 5.10 Å². The molecule has 0 saturated heterocycles. The fourth-order valence-corrected chi connectivity index (χ4v) is 2.11. The standard InChI is InChI=1S/C13H12BrClN2O/c1-8-5-13(17-16-9(8)2)18-7-10-3-4-11(14)6-12(10)15/h3-6H,7H2,1-2H3. The van der Waals surface area contributed by atoms with E-state index in [0.29, 0.717) is 17.5 Å². The molecule has 2 aromatic rings. The first-order valence-corrected chi connectivity index (χ1v) is 6.61. The summed E-state index contributed by atoms with van der Waals surface area (Å²) in [7, 11) is 0. The molecule has 0 aliphatic heterocycles. The molecule has 0 saturated carbocycles. The average Bonchev–Trinajstić information content (AvgIpc) is 2.32. The number of hydrogen-bond acceptors (Lipinski definition) is 3. The predicted octanol–water partition coefficient (Wildman–Crippen LogP) is 4.09. The van der Waals surface area contributed by atoms with Gasteiger partial charge in [0.15, 0.2) is 0 Å². The van der Waals surface area contributed by atoms with Crippen molar-refractivity contribution in [2.75, 3.05) is 0 Å². The maximum atomic E-state index is 6.11. The van der Waals surface area contributed by atoms with Crippen molar-refractivity contribution < 1.29 is 4.74 Å². The Bertz CT molecular complexity index is 575. The Morgan fingerprint density at radius 1 is 1.22 bits per heavy atom. The Balaban J connectivity index is 2.09. The summed E-state index contributed by atoms with van der Waals surface area (Å²) in [5.74, 6) is 0.511. The van der Waals surface area contributed by atoms with E-state index in [0.717, 1.165) is 21.3 Å². The molecule has 0 aliphatic carbocycles. The molecule has 0 spiro atoms. The molecule has 18 heavy (non-hydrogen) atoms. The molecular weight excluding hydrogens is 316 g/mol. The van der Waals surface area contributed by atoms with Crippen LogP contribution in [0.25, 0.3) is 0 Å². The van der Waals surface area contributed by atoms with Crippen molar-refractivity contribution in [2.45, 2.75) is 20.5 Å². The predicted molar refractivity (Wildman–Crippen MR) is 75.0 cm³/mol. The van der Waals surface area contributed by atoms with Gasteiger partial charge in [0.25, 0.3) is 0 Å². The maximum absolute atomic E-state index is 6.11. The van der Waals surface area contributed by atoms with Crippen LogP contribution in [0.5, 0.6) is 5.88 Å². The summed E-state index contributed by atoms with van der Waals surface area (Å²) in [5.41, 5.74) is 2.88. The molecule has 94 valence electrons. The van der Waals surface area contributed by atoms with Crippen molar-refractivity contribution in [2.24, 2.45) is 0 Å². The lowest BCUT2D eigenvalue weighted by molar-refractivity contribution is 0.289. The van der Waals surface area contributed by atoms with Crippen LogP contribution in [-0.2, 0) is 6.61 Å². The molecule has 0 aliphatic rings. The first kappa shape index (κ1) is 13.3. The molecule has 0 radical (unpaired) electrons. The Hall–Kier alpha value is -1.13. The minimum Gasteiger partial charge on any atom is -0.472 e. The van der Waals surface area contributed by atoms with E-state index in [1.165, 1.54) is 0 Å². The van der Waals surface area contributed by atoms with Gasteiger partial charge in [0, 0.05) is 21.1 Å². The van der Waals surface area contributed by atoms with Crippen LogP contribution in [0.15, 0.2) is 28.7 Å². The van der Waals surface area contributed by atoms with E-state index in [9.17, 15) is 0 Å². The second-order valence-corrected chi connectivity index (χ2v) is 5.30. The number of benzene rings is 1. The topological polar surface area (TPSA) is 35.0 Å². The number of hydrogen-bond donors (Lipinski definition) is 0. The smallest absolute Gasteiger partial charge is 0.233 e. The van der Waals surface area contributed by atoms with Gasteiger partial charge in [-0.2, -0.15) is 5.10 Å². The summed E-state index contributed by atoms with van der Waals surface area (Å²) in [6.07, 6.45) is 0. The molecule has 0 bridgehead atoms. The molecule has 0 amide bonds. The molecule has 1 heterocycles. The van der Waals surface area contributed by atoms with Crippen LogP contribution in [0.4, 0.5) is 0 Å². The minimum absolute atomic E-state index is 0.378. The molecule has 2 rings (SSSR count). The lowest BCUT2D eigenvalue weighted by atomic mass is 10.2. The van der Waals surface area contributed by atoms with Gasteiger partial charge in [0.1, 0.15) is 6.61 Å². The van der Waals surface area contributed by atoms with Gasteiger partial charge in [-0.3, -0.25) is 0 Å². The summed E-state index contributed by atoms with van der Waals surface area (Å²) in [4.78, 5) is 0. The SMILES string of the molecule is Cc1cc(OCc2ccc(Br)cc2Cl)nnc1C. The lowest BCUT2D eigenvalue weighted by Crippen LogP contribution is -2.00. The molecule has 5 heteroatoms. The molecule has 0 fully saturated rings. The summed E-state index contributed by atoms with van der Waals surface area (Å²) < 4.78 is 6.52. The number of ether oxygens (including phenoxy) is 1. The summed E-state index contributed by atoms with van der Waals surface area (Å²) in [6.45, 7) is 4.27. The van der Waals surface area contributed by atoms with E-state index in [2.05, 4.69) is 26.1 Å². The first-order valence-electron chi connectivity index (χ1n) is 5.44. The van der Waals surface area contributed by atoms with Crippen LogP contribution in [0.1, 0.15) is 16.8 Å². The highest BCUT2D eigenvalue weighted by Gasteiger charge is 2.04. The molecule has 0 N–H and O–H groups in total. The second kappa shape index (κ2) is 5.67. The van der Waals surface area contributed by atoms with Crippen molar-refractivity contribution >= 4 is 27.5 Å². The monoisotopic (exact) mass is 326 g/mol. The summed E-state index contributed by atoms with van der Waals surface area (Å²) in [5, 5.41) is 8.66. The van der Waals surface area contributed by atoms with Crippen LogP contribution in [-0.4, -0.2) is 10.2 Å². The van der Waals surface area contributed by atoms with Crippen molar-refractivity contribution in [3.05, 3.63) is 50.6 Å². The molecular formula is C13H12BrClN2O. The quantitative estimate of drug-likeness (QED) is 0.851. The van der Waals surface area contributed by atoms with E-state index in [-0.39, 0.29) is 0 Å².